The van der Waals surface area contributed by atoms with E-state index >= 15 is 0 Å². The average Bonchev–Trinajstić information content (AvgIpc) is 2.82. The molecule has 0 saturated carbocycles. The average molecular weight is 437 g/mol. The van der Waals surface area contributed by atoms with Gasteiger partial charge in [-0.3, -0.25) is 9.59 Å². The van der Waals surface area contributed by atoms with Crippen molar-refractivity contribution in [3.63, 3.8) is 0 Å². The number of likely N-dealkylation sites (tertiary alicyclic amines) is 1. The number of nitrogens with zero attached hydrogens (tertiary/aromatic N) is 2. The van der Waals surface area contributed by atoms with Gasteiger partial charge in [0, 0.05) is 30.2 Å². The van der Waals surface area contributed by atoms with Crippen molar-refractivity contribution in [2.75, 3.05) is 31.5 Å². The van der Waals surface area contributed by atoms with E-state index in [-0.39, 0.29) is 18.4 Å². The topological polar surface area (TPSA) is 85.2 Å². The van der Waals surface area contributed by atoms with Gasteiger partial charge in [-0.05, 0) is 42.5 Å². The second-order valence-corrected chi connectivity index (χ2v) is 7.89. The van der Waals surface area contributed by atoms with Gasteiger partial charge in [-0.2, -0.15) is 5.26 Å². The quantitative estimate of drug-likeness (QED) is 0.646. The van der Waals surface area contributed by atoms with E-state index in [2.05, 4.69) is 23.3 Å². The summed E-state index contributed by atoms with van der Waals surface area (Å²) < 4.78 is 0. The SMILES string of the molecule is C=CC(=O)NCC1CCN(C(=O)CNc2cc(-c3ccccc3)c(Cl)cc2C#N)CC1. The van der Waals surface area contributed by atoms with Gasteiger partial charge in [-0.15, -0.1) is 0 Å². The van der Waals surface area contributed by atoms with Gasteiger partial charge in [0.15, 0.2) is 0 Å². The Bertz CT molecular complexity index is 993. The van der Waals surface area contributed by atoms with E-state index in [1.54, 1.807) is 6.07 Å². The molecule has 1 fully saturated rings. The van der Waals surface area contributed by atoms with Crippen LogP contribution in [-0.2, 0) is 9.59 Å². The number of hydrogen-bond acceptors (Lipinski definition) is 4. The Balaban J connectivity index is 1.60. The summed E-state index contributed by atoms with van der Waals surface area (Å²) in [5.41, 5.74) is 2.73. The fraction of sp³-hybridized carbons (Fsp3) is 0.292. The predicted molar refractivity (Wildman–Crippen MR) is 123 cm³/mol. The van der Waals surface area contributed by atoms with Crippen molar-refractivity contribution in [2.24, 2.45) is 5.92 Å². The molecule has 0 unspecified atom stereocenters. The highest BCUT2D eigenvalue weighted by Crippen LogP contribution is 2.33. The summed E-state index contributed by atoms with van der Waals surface area (Å²) >= 11 is 6.38. The van der Waals surface area contributed by atoms with Crippen LogP contribution in [0.4, 0.5) is 5.69 Å². The molecule has 160 valence electrons. The maximum absolute atomic E-state index is 12.7. The Morgan fingerprint density at radius 1 is 1.23 bits per heavy atom. The fourth-order valence-electron chi connectivity index (χ4n) is 3.64. The van der Waals surface area contributed by atoms with Gasteiger partial charge in [0.05, 0.1) is 17.8 Å². The smallest absolute Gasteiger partial charge is 0.243 e. The first-order valence-corrected chi connectivity index (χ1v) is 10.6. The summed E-state index contributed by atoms with van der Waals surface area (Å²) in [6.45, 7) is 5.44. The molecule has 0 aromatic heterocycles. The standard InChI is InChI=1S/C24H25ClN4O2/c1-2-23(30)28-15-17-8-10-29(11-9-17)24(31)16-27-22-13-20(18-6-4-3-5-7-18)21(25)12-19(22)14-26/h2-7,12-13,17,27H,1,8-11,15-16H2,(H,28,30). The van der Waals surface area contributed by atoms with Crippen molar-refractivity contribution >= 4 is 29.1 Å². The molecule has 2 N–H and O–H groups in total. The molecule has 0 spiro atoms. The normalized spacial score (nSPS) is 13.9. The summed E-state index contributed by atoms with van der Waals surface area (Å²) in [5, 5.41) is 15.9. The summed E-state index contributed by atoms with van der Waals surface area (Å²) in [5.74, 6) is 0.165. The number of nitrogens with one attached hydrogen (secondary N) is 2. The molecule has 2 amide bonds. The summed E-state index contributed by atoms with van der Waals surface area (Å²) in [4.78, 5) is 25.8. The third-order valence-electron chi connectivity index (χ3n) is 5.46. The lowest BCUT2D eigenvalue weighted by molar-refractivity contribution is -0.130. The Kier molecular flexibility index (Phi) is 7.69. The summed E-state index contributed by atoms with van der Waals surface area (Å²) in [6.07, 6.45) is 2.94. The number of rotatable bonds is 7. The van der Waals surface area contributed by atoms with Gasteiger partial charge in [0.1, 0.15) is 6.07 Å². The molecule has 1 aliphatic rings. The van der Waals surface area contributed by atoms with E-state index in [4.69, 9.17) is 11.6 Å². The highest BCUT2D eigenvalue weighted by molar-refractivity contribution is 6.33. The van der Waals surface area contributed by atoms with Crippen LogP contribution in [0.15, 0.2) is 55.1 Å². The Morgan fingerprint density at radius 2 is 1.94 bits per heavy atom. The number of anilines is 1. The van der Waals surface area contributed by atoms with Crippen LogP contribution in [0.1, 0.15) is 18.4 Å². The minimum Gasteiger partial charge on any atom is -0.375 e. The van der Waals surface area contributed by atoms with E-state index in [0.717, 1.165) is 24.0 Å². The van der Waals surface area contributed by atoms with Gasteiger partial charge in [-0.1, -0.05) is 48.5 Å². The van der Waals surface area contributed by atoms with Gasteiger partial charge >= 0.3 is 0 Å². The zero-order valence-electron chi connectivity index (χ0n) is 17.2. The van der Waals surface area contributed by atoms with Gasteiger partial charge in [0.25, 0.3) is 0 Å². The molecule has 0 atom stereocenters. The number of carbonyl (C=O) groups is 2. The van der Waals surface area contributed by atoms with Crippen LogP contribution in [-0.4, -0.2) is 42.9 Å². The number of halogens is 1. The third kappa shape index (κ3) is 5.87. The van der Waals surface area contributed by atoms with Gasteiger partial charge in [-0.25, -0.2) is 0 Å². The van der Waals surface area contributed by atoms with Crippen LogP contribution in [0.5, 0.6) is 0 Å². The van der Waals surface area contributed by atoms with Crippen LogP contribution in [0.25, 0.3) is 11.1 Å². The monoisotopic (exact) mass is 436 g/mol. The molecule has 31 heavy (non-hydrogen) atoms. The van der Waals surface area contributed by atoms with Crippen molar-refractivity contribution in [3.8, 4) is 17.2 Å². The molecule has 1 heterocycles. The molecule has 0 bridgehead atoms. The highest BCUT2D eigenvalue weighted by Gasteiger charge is 2.23. The van der Waals surface area contributed by atoms with Crippen molar-refractivity contribution < 1.29 is 9.59 Å². The molecule has 6 nitrogen and oxygen atoms in total. The summed E-state index contributed by atoms with van der Waals surface area (Å²) in [6, 6.07) is 15.3. The lowest BCUT2D eigenvalue weighted by Gasteiger charge is -2.32. The van der Waals surface area contributed by atoms with Gasteiger partial charge < -0.3 is 15.5 Å². The van der Waals surface area contributed by atoms with Crippen molar-refractivity contribution in [2.45, 2.75) is 12.8 Å². The van der Waals surface area contributed by atoms with E-state index < -0.39 is 0 Å². The number of nitriles is 1. The minimum absolute atomic E-state index is 0.0197. The van der Waals surface area contributed by atoms with Crippen LogP contribution in [0, 0.1) is 17.2 Å². The van der Waals surface area contributed by atoms with E-state index in [1.807, 2.05) is 41.3 Å². The Hall–Kier alpha value is -3.30. The zero-order chi connectivity index (χ0) is 22.2. The number of piperidine rings is 1. The first kappa shape index (κ1) is 22.4. The van der Waals surface area contributed by atoms with Crippen molar-refractivity contribution in [3.05, 3.63) is 65.7 Å². The summed E-state index contributed by atoms with van der Waals surface area (Å²) in [7, 11) is 0. The molecule has 1 saturated heterocycles. The maximum atomic E-state index is 12.7. The third-order valence-corrected chi connectivity index (χ3v) is 5.77. The van der Waals surface area contributed by atoms with Crippen LogP contribution in [0.2, 0.25) is 5.02 Å². The molecule has 2 aromatic carbocycles. The van der Waals surface area contributed by atoms with E-state index in [0.29, 0.717) is 41.8 Å². The van der Waals surface area contributed by atoms with Crippen LogP contribution in [0.3, 0.4) is 0 Å². The zero-order valence-corrected chi connectivity index (χ0v) is 18.0. The molecular weight excluding hydrogens is 412 g/mol. The highest BCUT2D eigenvalue weighted by atomic mass is 35.5. The number of amides is 2. The largest absolute Gasteiger partial charge is 0.375 e. The van der Waals surface area contributed by atoms with E-state index in [9.17, 15) is 14.9 Å². The first-order valence-electron chi connectivity index (χ1n) is 10.2. The fourth-order valence-corrected chi connectivity index (χ4v) is 3.91. The number of hydrogen-bond donors (Lipinski definition) is 2. The van der Waals surface area contributed by atoms with E-state index in [1.165, 1.54) is 6.08 Å². The Labute approximate surface area is 187 Å². The molecule has 7 heteroatoms. The van der Waals surface area contributed by atoms with Crippen molar-refractivity contribution in [1.82, 2.24) is 10.2 Å². The minimum atomic E-state index is -0.172. The lowest BCUT2D eigenvalue weighted by atomic mass is 9.96. The molecule has 0 radical (unpaired) electrons. The molecule has 1 aliphatic heterocycles. The first-order chi connectivity index (χ1) is 15.0. The second-order valence-electron chi connectivity index (χ2n) is 7.48. The number of benzene rings is 2. The van der Waals surface area contributed by atoms with Crippen molar-refractivity contribution in [1.29, 1.82) is 5.26 Å². The second kappa shape index (κ2) is 10.6. The molecule has 3 rings (SSSR count). The predicted octanol–water partition coefficient (Wildman–Crippen LogP) is 3.83. The lowest BCUT2D eigenvalue weighted by Crippen LogP contribution is -2.43. The number of carbonyl (C=O) groups excluding carboxylic acids is 2. The molecular formula is C24H25ClN4O2. The Morgan fingerprint density at radius 3 is 2.58 bits per heavy atom. The molecule has 2 aromatic rings. The van der Waals surface area contributed by atoms with Gasteiger partial charge in [0.2, 0.25) is 11.8 Å². The van der Waals surface area contributed by atoms with Crippen LogP contribution < -0.4 is 10.6 Å². The van der Waals surface area contributed by atoms with Crippen LogP contribution >= 0.6 is 11.6 Å². The maximum Gasteiger partial charge on any atom is 0.243 e. The molecule has 0 aliphatic carbocycles.